The number of benzene rings is 1. The largest absolute Gasteiger partial charge is 0.393 e. The molecule has 0 unspecified atom stereocenters. The molecule has 0 fully saturated rings. The van der Waals surface area contributed by atoms with Gasteiger partial charge in [-0.15, -0.1) is 0 Å². The summed E-state index contributed by atoms with van der Waals surface area (Å²) >= 11 is 0. The minimum Gasteiger partial charge on any atom is -0.393 e. The molecule has 0 radical (unpaired) electrons. The van der Waals surface area contributed by atoms with Crippen LogP contribution in [0, 0.1) is 5.41 Å². The van der Waals surface area contributed by atoms with Gasteiger partial charge in [-0.05, 0) is 17.7 Å². The lowest BCUT2D eigenvalue weighted by atomic mass is 10.1. The van der Waals surface area contributed by atoms with Gasteiger partial charge >= 0.3 is 0 Å². The Hall–Kier alpha value is -1.77. The van der Waals surface area contributed by atoms with Gasteiger partial charge < -0.3 is 15.6 Å². The summed E-state index contributed by atoms with van der Waals surface area (Å²) < 4.78 is 0. The first kappa shape index (κ1) is 11.3. The third-order valence-electron chi connectivity index (χ3n) is 2.17. The molecule has 3 nitrogen and oxygen atoms in total. The van der Waals surface area contributed by atoms with Gasteiger partial charge in [0, 0.05) is 44.8 Å². The highest BCUT2D eigenvalue weighted by molar-refractivity contribution is 6.08. The van der Waals surface area contributed by atoms with Crippen LogP contribution < -0.4 is 10.2 Å². The molecule has 0 saturated carbocycles. The maximum absolute atomic E-state index is 7.30. The molecule has 0 aliphatic rings. The number of nitrogens with zero attached hydrogens (tertiary/aromatic N) is 1. The molecule has 0 aliphatic heterocycles. The van der Waals surface area contributed by atoms with Crippen LogP contribution in [0.1, 0.15) is 5.56 Å². The van der Waals surface area contributed by atoms with E-state index in [0.717, 1.165) is 16.8 Å². The van der Waals surface area contributed by atoms with Crippen molar-refractivity contribution in [2.75, 3.05) is 26.0 Å². The normalized spacial score (nSPS) is 11.0. The van der Waals surface area contributed by atoms with E-state index in [9.17, 15) is 0 Å². The van der Waals surface area contributed by atoms with Crippen LogP contribution in [-0.2, 0) is 0 Å². The number of allylic oxidation sites excluding steroid dienone is 1. The van der Waals surface area contributed by atoms with Gasteiger partial charge in [-0.3, -0.25) is 0 Å². The van der Waals surface area contributed by atoms with Crippen molar-refractivity contribution >= 4 is 17.5 Å². The quantitative estimate of drug-likeness (QED) is 0.734. The van der Waals surface area contributed by atoms with Gasteiger partial charge in [0.25, 0.3) is 0 Å². The standard InChI is InChI=1S/C12H17N3/c1-14-9-11(8-13)10-4-6-12(7-5-10)15(2)3/h4-9,13-14H,1-3H3/b11-9+,13-8?. The van der Waals surface area contributed by atoms with E-state index in [1.54, 1.807) is 0 Å². The van der Waals surface area contributed by atoms with Crippen molar-refractivity contribution in [2.45, 2.75) is 0 Å². The summed E-state index contributed by atoms with van der Waals surface area (Å²) in [4.78, 5) is 2.05. The summed E-state index contributed by atoms with van der Waals surface area (Å²) in [5.74, 6) is 0. The maximum Gasteiger partial charge on any atom is 0.0361 e. The van der Waals surface area contributed by atoms with E-state index < -0.39 is 0 Å². The average Bonchev–Trinajstić information content (AvgIpc) is 2.26. The molecule has 0 atom stereocenters. The van der Waals surface area contributed by atoms with E-state index in [1.165, 1.54) is 6.21 Å². The molecule has 0 aliphatic carbocycles. The summed E-state index contributed by atoms with van der Waals surface area (Å²) in [7, 11) is 5.85. The van der Waals surface area contributed by atoms with Crippen molar-refractivity contribution in [3.8, 4) is 0 Å². The van der Waals surface area contributed by atoms with Crippen molar-refractivity contribution in [2.24, 2.45) is 0 Å². The Kier molecular flexibility index (Phi) is 3.92. The van der Waals surface area contributed by atoms with E-state index in [4.69, 9.17) is 5.41 Å². The molecule has 1 aromatic carbocycles. The molecule has 0 saturated heterocycles. The molecule has 0 spiro atoms. The van der Waals surface area contributed by atoms with Gasteiger partial charge in [-0.1, -0.05) is 12.1 Å². The van der Waals surface area contributed by atoms with Crippen molar-refractivity contribution < 1.29 is 0 Å². The van der Waals surface area contributed by atoms with Crippen molar-refractivity contribution in [1.29, 1.82) is 5.41 Å². The van der Waals surface area contributed by atoms with Gasteiger partial charge in [0.05, 0.1) is 0 Å². The summed E-state index contributed by atoms with van der Waals surface area (Å²) in [6, 6.07) is 8.12. The summed E-state index contributed by atoms with van der Waals surface area (Å²) in [6.45, 7) is 0. The van der Waals surface area contributed by atoms with Crippen molar-refractivity contribution in [3.63, 3.8) is 0 Å². The van der Waals surface area contributed by atoms with Gasteiger partial charge in [-0.25, -0.2) is 0 Å². The van der Waals surface area contributed by atoms with Crippen LogP contribution in [0.3, 0.4) is 0 Å². The van der Waals surface area contributed by atoms with E-state index in [2.05, 4.69) is 10.2 Å². The minimum absolute atomic E-state index is 0.878. The van der Waals surface area contributed by atoms with Gasteiger partial charge in [0.1, 0.15) is 0 Å². The minimum atomic E-state index is 0.878. The summed E-state index contributed by atoms with van der Waals surface area (Å²) in [5.41, 5.74) is 3.08. The molecule has 0 heterocycles. The molecule has 0 amide bonds. The molecule has 80 valence electrons. The van der Waals surface area contributed by atoms with E-state index in [-0.39, 0.29) is 0 Å². The molecule has 1 rings (SSSR count). The molecule has 0 bridgehead atoms. The number of anilines is 1. The number of hydrogen-bond acceptors (Lipinski definition) is 3. The Morgan fingerprint density at radius 1 is 1.27 bits per heavy atom. The first-order valence-electron chi connectivity index (χ1n) is 4.84. The highest BCUT2D eigenvalue weighted by atomic mass is 15.1. The third-order valence-corrected chi connectivity index (χ3v) is 2.17. The first-order chi connectivity index (χ1) is 7.19. The second-order valence-electron chi connectivity index (χ2n) is 3.47. The number of rotatable bonds is 4. The SMILES string of the molecule is CN/C=C(\C=N)c1ccc(N(C)C)cc1. The predicted molar refractivity (Wildman–Crippen MR) is 66.6 cm³/mol. The first-order valence-corrected chi connectivity index (χ1v) is 4.84. The average molecular weight is 203 g/mol. The van der Waals surface area contributed by atoms with E-state index in [1.807, 2.05) is 51.6 Å². The topological polar surface area (TPSA) is 39.1 Å². The lowest BCUT2D eigenvalue weighted by molar-refractivity contribution is 1.11. The second-order valence-corrected chi connectivity index (χ2v) is 3.47. The molecule has 15 heavy (non-hydrogen) atoms. The zero-order valence-electron chi connectivity index (χ0n) is 9.41. The Morgan fingerprint density at radius 3 is 2.27 bits per heavy atom. The third kappa shape index (κ3) is 2.84. The number of nitrogens with one attached hydrogen (secondary N) is 2. The number of hydrogen-bond donors (Lipinski definition) is 2. The fourth-order valence-corrected chi connectivity index (χ4v) is 1.32. The van der Waals surface area contributed by atoms with Gasteiger partial charge in [0.15, 0.2) is 0 Å². The highest BCUT2D eigenvalue weighted by Gasteiger charge is 1.99. The van der Waals surface area contributed by atoms with Crippen LogP contribution in [0.2, 0.25) is 0 Å². The lowest BCUT2D eigenvalue weighted by Crippen LogP contribution is -2.08. The van der Waals surface area contributed by atoms with Gasteiger partial charge in [0.2, 0.25) is 0 Å². The fourth-order valence-electron chi connectivity index (χ4n) is 1.32. The van der Waals surface area contributed by atoms with Crippen LogP contribution in [0.5, 0.6) is 0 Å². The monoisotopic (exact) mass is 203 g/mol. The summed E-state index contributed by atoms with van der Waals surface area (Å²) in [6.07, 6.45) is 3.17. The predicted octanol–water partition coefficient (Wildman–Crippen LogP) is 1.96. The molecular weight excluding hydrogens is 186 g/mol. The van der Waals surface area contributed by atoms with Crippen LogP contribution in [0.4, 0.5) is 5.69 Å². The fraction of sp³-hybridized carbons (Fsp3) is 0.250. The highest BCUT2D eigenvalue weighted by Crippen LogP contribution is 2.16. The van der Waals surface area contributed by atoms with Crippen LogP contribution in [0.25, 0.3) is 5.57 Å². The zero-order chi connectivity index (χ0) is 11.3. The molecule has 1 aromatic rings. The second kappa shape index (κ2) is 5.20. The van der Waals surface area contributed by atoms with E-state index in [0.29, 0.717) is 0 Å². The van der Waals surface area contributed by atoms with Crippen LogP contribution in [-0.4, -0.2) is 27.4 Å². The van der Waals surface area contributed by atoms with Crippen molar-refractivity contribution in [3.05, 3.63) is 36.0 Å². The molecule has 2 N–H and O–H groups in total. The van der Waals surface area contributed by atoms with Crippen LogP contribution >= 0.6 is 0 Å². The smallest absolute Gasteiger partial charge is 0.0361 e. The Balaban J connectivity index is 2.97. The van der Waals surface area contributed by atoms with Crippen LogP contribution in [0.15, 0.2) is 30.5 Å². The molecular formula is C12H17N3. The van der Waals surface area contributed by atoms with Crippen molar-refractivity contribution in [1.82, 2.24) is 5.32 Å². The Labute approximate surface area is 90.9 Å². The summed E-state index contributed by atoms with van der Waals surface area (Å²) in [5, 5.41) is 10.2. The maximum atomic E-state index is 7.30. The lowest BCUT2D eigenvalue weighted by Gasteiger charge is -2.12. The Bertz CT molecular complexity index is 350. The van der Waals surface area contributed by atoms with Gasteiger partial charge in [-0.2, -0.15) is 0 Å². The zero-order valence-corrected chi connectivity index (χ0v) is 9.41. The molecule has 0 aromatic heterocycles. The van der Waals surface area contributed by atoms with E-state index >= 15 is 0 Å². The molecule has 3 heteroatoms. The Morgan fingerprint density at radius 2 is 1.87 bits per heavy atom.